The molecule has 0 fully saturated rings. The molecule has 4 aromatic heterocycles. The fraction of sp³-hybridized carbons (Fsp3) is 0.0714. The second kappa shape index (κ2) is 3.00. The van der Waals surface area contributed by atoms with E-state index in [1.165, 1.54) is 0 Å². The molecule has 0 aromatic carbocycles. The number of hydrogen-bond acceptors (Lipinski definition) is 3. The molecular formula is C14H9N4O+. The van der Waals surface area contributed by atoms with Crippen LogP contribution in [0.25, 0.3) is 28.3 Å². The van der Waals surface area contributed by atoms with E-state index in [-0.39, 0.29) is 0 Å². The third kappa shape index (κ3) is 1.03. The molecule has 5 rings (SSSR count). The van der Waals surface area contributed by atoms with Gasteiger partial charge in [0.05, 0.1) is 6.07 Å². The van der Waals surface area contributed by atoms with Crippen molar-refractivity contribution in [1.29, 1.82) is 0 Å². The molecule has 1 aliphatic heterocycles. The van der Waals surface area contributed by atoms with Crippen LogP contribution >= 0.6 is 0 Å². The van der Waals surface area contributed by atoms with Crippen molar-refractivity contribution in [1.82, 2.24) is 14.4 Å². The molecule has 0 unspecified atom stereocenters. The SMILES string of the molecule is c1cnc2c(c1)-c1oc3c(cc4ncccn43)[n+]1C2. The maximum atomic E-state index is 6.04. The number of hydrogen-bond donors (Lipinski definition) is 0. The molecule has 5 heteroatoms. The zero-order valence-electron chi connectivity index (χ0n) is 9.95. The van der Waals surface area contributed by atoms with Crippen LogP contribution in [0.5, 0.6) is 0 Å². The molecule has 0 bridgehead atoms. The summed E-state index contributed by atoms with van der Waals surface area (Å²) >= 11 is 0. The monoisotopic (exact) mass is 249 g/mol. The highest BCUT2D eigenvalue weighted by Gasteiger charge is 2.36. The Balaban J connectivity index is 1.93. The summed E-state index contributed by atoms with van der Waals surface area (Å²) in [5.41, 5.74) is 4.94. The van der Waals surface area contributed by atoms with Gasteiger partial charge in [0.25, 0.3) is 11.2 Å². The van der Waals surface area contributed by atoms with E-state index in [4.69, 9.17) is 4.42 Å². The minimum Gasteiger partial charge on any atom is -0.380 e. The molecule has 0 amide bonds. The molecule has 1 aliphatic rings. The summed E-state index contributed by atoms with van der Waals surface area (Å²) < 4.78 is 10.2. The molecule has 0 spiro atoms. The Morgan fingerprint density at radius 3 is 3.16 bits per heavy atom. The van der Waals surface area contributed by atoms with E-state index in [9.17, 15) is 0 Å². The number of fused-ring (bicyclic) bond motifs is 7. The highest BCUT2D eigenvalue weighted by atomic mass is 16.4. The lowest BCUT2D eigenvalue weighted by molar-refractivity contribution is -0.649. The van der Waals surface area contributed by atoms with Crippen molar-refractivity contribution in [3.05, 3.63) is 48.5 Å². The first-order valence-corrected chi connectivity index (χ1v) is 6.14. The van der Waals surface area contributed by atoms with E-state index in [0.717, 1.165) is 40.6 Å². The number of pyridine rings is 1. The van der Waals surface area contributed by atoms with Gasteiger partial charge in [-0.1, -0.05) is 0 Å². The minimum atomic E-state index is 0.759. The third-order valence-electron chi connectivity index (χ3n) is 3.64. The quantitative estimate of drug-likeness (QED) is 0.393. The van der Waals surface area contributed by atoms with Crippen LogP contribution in [0.4, 0.5) is 0 Å². The van der Waals surface area contributed by atoms with Crippen molar-refractivity contribution >= 4 is 16.9 Å². The van der Waals surface area contributed by atoms with E-state index in [0.29, 0.717) is 0 Å². The van der Waals surface area contributed by atoms with Crippen LogP contribution < -0.4 is 4.57 Å². The zero-order valence-corrected chi connectivity index (χ0v) is 9.95. The first-order chi connectivity index (χ1) is 9.42. The Kier molecular flexibility index (Phi) is 1.46. The summed E-state index contributed by atoms with van der Waals surface area (Å²) in [5, 5.41) is 0. The van der Waals surface area contributed by atoms with Gasteiger partial charge in [-0.25, -0.2) is 4.98 Å². The summed E-state index contributed by atoms with van der Waals surface area (Å²) in [6.07, 6.45) is 5.57. The van der Waals surface area contributed by atoms with Gasteiger partial charge in [-0.3, -0.25) is 9.38 Å². The largest absolute Gasteiger partial charge is 0.385 e. The second-order valence-corrected chi connectivity index (χ2v) is 4.67. The molecule has 0 saturated heterocycles. The first kappa shape index (κ1) is 9.27. The topological polar surface area (TPSA) is 47.2 Å². The zero-order chi connectivity index (χ0) is 12.4. The standard InChI is InChI=1S/C14H9N4O/c1-3-9-10(15-4-1)8-18-11-7-12-16-5-2-6-17(12)14(11)19-13(9)18/h1-7H,8H2/q+1. The smallest absolute Gasteiger partial charge is 0.380 e. The van der Waals surface area contributed by atoms with Gasteiger partial charge in [0.2, 0.25) is 0 Å². The highest BCUT2D eigenvalue weighted by Crippen LogP contribution is 2.30. The summed E-state index contributed by atoms with van der Waals surface area (Å²) in [6, 6.07) is 7.94. The Morgan fingerprint density at radius 2 is 2.16 bits per heavy atom. The van der Waals surface area contributed by atoms with Crippen LogP contribution in [0.3, 0.4) is 0 Å². The van der Waals surface area contributed by atoms with Crippen LogP contribution in [0, 0.1) is 0 Å². The van der Waals surface area contributed by atoms with Crippen LogP contribution in [0.2, 0.25) is 0 Å². The normalized spacial score (nSPS) is 13.1. The third-order valence-corrected chi connectivity index (χ3v) is 3.64. The Hall–Kier alpha value is -2.69. The molecule has 0 saturated carbocycles. The van der Waals surface area contributed by atoms with Crippen molar-refractivity contribution in [2.45, 2.75) is 6.54 Å². The van der Waals surface area contributed by atoms with Crippen molar-refractivity contribution in [2.24, 2.45) is 0 Å². The minimum absolute atomic E-state index is 0.759. The van der Waals surface area contributed by atoms with Crippen LogP contribution in [-0.2, 0) is 6.54 Å². The lowest BCUT2D eigenvalue weighted by Gasteiger charge is -1.91. The Labute approximate surface area is 107 Å². The van der Waals surface area contributed by atoms with Gasteiger partial charge in [0, 0.05) is 18.6 Å². The molecule has 5 nitrogen and oxygen atoms in total. The van der Waals surface area contributed by atoms with Gasteiger partial charge in [0.1, 0.15) is 16.9 Å². The van der Waals surface area contributed by atoms with Crippen molar-refractivity contribution < 1.29 is 8.98 Å². The molecule has 0 atom stereocenters. The van der Waals surface area contributed by atoms with Crippen LogP contribution in [0.15, 0.2) is 47.3 Å². The van der Waals surface area contributed by atoms with Crippen LogP contribution in [-0.4, -0.2) is 14.4 Å². The van der Waals surface area contributed by atoms with E-state index in [2.05, 4.69) is 20.6 Å². The predicted molar refractivity (Wildman–Crippen MR) is 67.5 cm³/mol. The Bertz CT molecular complexity index is 951. The second-order valence-electron chi connectivity index (χ2n) is 4.67. The molecular weight excluding hydrogens is 240 g/mol. The van der Waals surface area contributed by atoms with Gasteiger partial charge in [0.15, 0.2) is 6.54 Å². The molecule has 0 radical (unpaired) electrons. The molecule has 5 heterocycles. The molecule has 0 N–H and O–H groups in total. The van der Waals surface area contributed by atoms with E-state index in [1.54, 1.807) is 6.20 Å². The molecule has 90 valence electrons. The number of nitrogens with zero attached hydrogens (tertiary/aromatic N) is 4. The van der Waals surface area contributed by atoms with Gasteiger partial charge in [-0.15, -0.1) is 4.57 Å². The highest BCUT2D eigenvalue weighted by molar-refractivity contribution is 5.77. The van der Waals surface area contributed by atoms with E-state index in [1.807, 2.05) is 35.0 Å². The first-order valence-electron chi connectivity index (χ1n) is 6.14. The molecule has 4 aromatic rings. The summed E-state index contributed by atoms with van der Waals surface area (Å²) in [6.45, 7) is 0.759. The van der Waals surface area contributed by atoms with Crippen LogP contribution in [0.1, 0.15) is 5.69 Å². The average molecular weight is 249 g/mol. The number of aromatic nitrogens is 4. The molecule has 19 heavy (non-hydrogen) atoms. The van der Waals surface area contributed by atoms with E-state index >= 15 is 0 Å². The van der Waals surface area contributed by atoms with Gasteiger partial charge < -0.3 is 4.42 Å². The summed E-state index contributed by atoms with van der Waals surface area (Å²) in [4.78, 5) is 8.74. The van der Waals surface area contributed by atoms with Gasteiger partial charge in [-0.05, 0) is 18.2 Å². The number of rotatable bonds is 0. The summed E-state index contributed by atoms with van der Waals surface area (Å²) in [7, 11) is 0. The number of oxazole rings is 1. The molecule has 0 aliphatic carbocycles. The van der Waals surface area contributed by atoms with Crippen molar-refractivity contribution in [2.75, 3.05) is 0 Å². The predicted octanol–water partition coefficient (Wildman–Crippen LogP) is 1.79. The summed E-state index contributed by atoms with van der Waals surface area (Å²) in [5.74, 6) is 0.881. The van der Waals surface area contributed by atoms with E-state index < -0.39 is 0 Å². The maximum absolute atomic E-state index is 6.04. The Morgan fingerprint density at radius 1 is 1.21 bits per heavy atom. The van der Waals surface area contributed by atoms with Gasteiger partial charge >= 0.3 is 5.89 Å². The fourth-order valence-electron chi connectivity index (χ4n) is 2.79. The average Bonchev–Trinajstić information content (AvgIpc) is 3.07. The fourth-order valence-corrected chi connectivity index (χ4v) is 2.79. The maximum Gasteiger partial charge on any atom is 0.385 e. The van der Waals surface area contributed by atoms with Crippen molar-refractivity contribution in [3.63, 3.8) is 0 Å². The van der Waals surface area contributed by atoms with Gasteiger partial charge in [-0.2, -0.15) is 0 Å². The lowest BCUT2D eigenvalue weighted by Crippen LogP contribution is -2.30. The lowest BCUT2D eigenvalue weighted by atomic mass is 10.2. The van der Waals surface area contributed by atoms with Crippen molar-refractivity contribution in [3.8, 4) is 11.5 Å².